The number of hydrogen-bond acceptors (Lipinski definition) is 1. The van der Waals surface area contributed by atoms with E-state index in [-0.39, 0.29) is 0 Å². The first-order valence-corrected chi connectivity index (χ1v) is 3.89. The van der Waals surface area contributed by atoms with E-state index < -0.39 is 0 Å². The minimum absolute atomic E-state index is 0.678. The molecule has 0 saturated heterocycles. The molecule has 0 saturated carbocycles. The molecule has 0 spiro atoms. The Balaban J connectivity index is 2.61. The maximum absolute atomic E-state index is 5.33. The molecule has 0 radical (unpaired) electrons. The van der Waals surface area contributed by atoms with Crippen molar-refractivity contribution in [2.24, 2.45) is 5.73 Å². The van der Waals surface area contributed by atoms with Crippen molar-refractivity contribution in [3.8, 4) is 0 Å². The van der Waals surface area contributed by atoms with Crippen LogP contribution in [0.4, 0.5) is 0 Å². The van der Waals surface area contributed by atoms with E-state index in [9.17, 15) is 0 Å². The van der Waals surface area contributed by atoms with Gasteiger partial charge in [0.1, 0.15) is 0 Å². The van der Waals surface area contributed by atoms with Crippen LogP contribution < -0.4 is 10.3 Å². The van der Waals surface area contributed by atoms with Crippen molar-refractivity contribution in [3.05, 3.63) is 30.3 Å². The van der Waals surface area contributed by atoms with Gasteiger partial charge in [-0.15, -0.1) is 0 Å². The fourth-order valence-corrected chi connectivity index (χ4v) is 1.21. The summed E-state index contributed by atoms with van der Waals surface area (Å²) in [5, 5.41) is 0. The summed E-state index contributed by atoms with van der Waals surface area (Å²) in [5.41, 5.74) is 6.01. The van der Waals surface area contributed by atoms with E-state index in [2.05, 4.69) is 12.1 Å². The van der Waals surface area contributed by atoms with Crippen LogP contribution in [0.2, 0.25) is 0 Å². The molecule has 1 nitrogen and oxygen atoms in total. The van der Waals surface area contributed by atoms with Crippen molar-refractivity contribution in [1.29, 1.82) is 0 Å². The first-order chi connectivity index (χ1) is 4.43. The molecule has 0 aliphatic rings. The van der Waals surface area contributed by atoms with E-state index >= 15 is 0 Å². The Morgan fingerprint density at radius 2 is 1.89 bits per heavy atom. The van der Waals surface area contributed by atoms with E-state index in [1.165, 1.54) is 19.0 Å². The molecule has 0 amide bonds. The van der Waals surface area contributed by atoms with Gasteiger partial charge in [0, 0.05) is 0 Å². The fraction of sp³-hybridized carbons (Fsp3) is 0.143. The van der Waals surface area contributed by atoms with Crippen molar-refractivity contribution in [1.82, 2.24) is 0 Å². The van der Waals surface area contributed by atoms with Gasteiger partial charge in [0.15, 0.2) is 0 Å². The van der Waals surface area contributed by atoms with Gasteiger partial charge in [0.05, 0.1) is 0 Å². The zero-order valence-corrected chi connectivity index (χ0v) is 5.98. The molecule has 9 heavy (non-hydrogen) atoms. The summed E-state index contributed by atoms with van der Waals surface area (Å²) in [6.07, 6.45) is 0. The molecule has 0 heterocycles. The summed E-state index contributed by atoms with van der Waals surface area (Å²) < 4.78 is 1.26. The summed E-state index contributed by atoms with van der Waals surface area (Å²) in [7, 11) is 0. The Bertz CT molecular complexity index is 162. The Labute approximate surface area is 61.1 Å². The summed E-state index contributed by atoms with van der Waals surface area (Å²) in [6.45, 7) is 0. The normalized spacial score (nSPS) is 9.89. The summed E-state index contributed by atoms with van der Waals surface area (Å²) >= 11 is 1.49. The first-order valence-electron chi connectivity index (χ1n) is 2.70. The van der Waals surface area contributed by atoms with Crippen molar-refractivity contribution in [2.75, 3.05) is 5.51 Å². The van der Waals surface area contributed by atoms with Crippen molar-refractivity contribution < 1.29 is 14.4 Å². The average molecular weight is 166 g/mol. The van der Waals surface area contributed by atoms with E-state index in [0.717, 1.165) is 0 Å². The quantitative estimate of drug-likeness (QED) is 0.628. The number of benzene rings is 1. The second-order valence-electron chi connectivity index (χ2n) is 1.50. The van der Waals surface area contributed by atoms with Crippen LogP contribution in [-0.2, 0) is 14.4 Å². The van der Waals surface area contributed by atoms with Gasteiger partial charge in [-0.2, -0.15) is 0 Å². The monoisotopic (exact) mass is 165 g/mol. The van der Waals surface area contributed by atoms with E-state index in [4.69, 9.17) is 5.73 Å². The van der Waals surface area contributed by atoms with Gasteiger partial charge in [-0.3, -0.25) is 0 Å². The van der Waals surface area contributed by atoms with Crippen LogP contribution in [0.5, 0.6) is 0 Å². The molecule has 2 heteroatoms. The molecule has 52 valence electrons. The van der Waals surface area contributed by atoms with Crippen LogP contribution in [-0.4, -0.2) is 5.51 Å². The van der Waals surface area contributed by atoms with Crippen molar-refractivity contribution in [2.45, 2.75) is 0 Å². The average Bonchev–Trinajstić information content (AvgIpc) is 1.91. The van der Waals surface area contributed by atoms with Crippen LogP contribution in [0.25, 0.3) is 0 Å². The predicted molar refractivity (Wildman–Crippen MR) is 35.1 cm³/mol. The molecule has 0 aliphatic carbocycles. The number of rotatable bonds is 2. The second-order valence-corrected chi connectivity index (χ2v) is 2.82. The van der Waals surface area contributed by atoms with Crippen molar-refractivity contribution >= 4 is 4.53 Å². The van der Waals surface area contributed by atoms with E-state index in [1.807, 2.05) is 18.2 Å². The van der Waals surface area contributed by atoms with Gasteiger partial charge in [-0.25, -0.2) is 0 Å². The zero-order valence-electron chi connectivity index (χ0n) is 4.99. The molecule has 0 unspecified atom stereocenters. The molecular weight excluding hydrogens is 157 g/mol. The molecule has 0 aliphatic heterocycles. The summed E-state index contributed by atoms with van der Waals surface area (Å²) in [5.74, 6) is 0. The standard InChI is InChI=1S/C6H5.CH4N.Ni/c1-2-4-6-5-3-1;1-2;/h1-5H;1-2H2;. The van der Waals surface area contributed by atoms with Crippen molar-refractivity contribution in [3.63, 3.8) is 0 Å². The Hall–Kier alpha value is -0.326. The Morgan fingerprint density at radius 3 is 2.44 bits per heavy atom. The summed E-state index contributed by atoms with van der Waals surface area (Å²) in [6, 6.07) is 10.2. The molecular formula is C7H9NNi. The topological polar surface area (TPSA) is 26.0 Å². The molecule has 1 aromatic rings. The van der Waals surface area contributed by atoms with E-state index in [1.54, 1.807) is 0 Å². The van der Waals surface area contributed by atoms with Crippen LogP contribution >= 0.6 is 0 Å². The molecule has 0 bridgehead atoms. The first kappa shape index (κ1) is 6.79. The third-order valence-corrected chi connectivity index (χ3v) is 1.84. The van der Waals surface area contributed by atoms with Gasteiger partial charge in [-0.1, -0.05) is 0 Å². The molecule has 0 atom stereocenters. The van der Waals surface area contributed by atoms with Gasteiger partial charge in [-0.05, 0) is 0 Å². The van der Waals surface area contributed by atoms with Crippen LogP contribution in [0.1, 0.15) is 0 Å². The molecule has 0 aromatic heterocycles. The van der Waals surface area contributed by atoms with Gasteiger partial charge in [0.25, 0.3) is 0 Å². The SMILES string of the molecule is N[CH2][Ni][c]1ccccc1. The number of nitrogens with two attached hydrogens (primary N) is 1. The zero-order chi connectivity index (χ0) is 6.53. The Kier molecular flexibility index (Phi) is 2.75. The molecule has 1 rings (SSSR count). The third kappa shape index (κ3) is 2.17. The van der Waals surface area contributed by atoms with Crippen LogP contribution in [0.3, 0.4) is 0 Å². The Morgan fingerprint density at radius 1 is 1.22 bits per heavy atom. The molecule has 0 fully saturated rings. The van der Waals surface area contributed by atoms with Crippen LogP contribution in [0.15, 0.2) is 30.3 Å². The maximum atomic E-state index is 5.33. The molecule has 2 N–H and O–H groups in total. The van der Waals surface area contributed by atoms with Crippen LogP contribution in [0, 0.1) is 0 Å². The number of hydrogen-bond donors (Lipinski definition) is 1. The minimum atomic E-state index is 0.678. The van der Waals surface area contributed by atoms with Gasteiger partial charge >= 0.3 is 60.6 Å². The third-order valence-electron chi connectivity index (χ3n) is 0.906. The summed E-state index contributed by atoms with van der Waals surface area (Å²) in [4.78, 5) is 0. The molecule has 1 aromatic carbocycles. The predicted octanol–water partition coefficient (Wildman–Crippen LogP) is 0.311. The second kappa shape index (κ2) is 3.65. The van der Waals surface area contributed by atoms with E-state index in [0.29, 0.717) is 5.51 Å². The van der Waals surface area contributed by atoms with Gasteiger partial charge in [0.2, 0.25) is 0 Å². The fourth-order valence-electron chi connectivity index (χ4n) is 0.552. The van der Waals surface area contributed by atoms with Gasteiger partial charge < -0.3 is 0 Å².